The standard InChI is InChI=1S/C25H20F4N6O4/c1-23(22(30)37)12-39-20-15(23)9-17(34-19(20)13-4-6-14(26)7-5-13)24(38,25(27,28)29)11-31-21(36)16-10-35-18(33-16)3-2-8-32-35/h2-10,38H,11-12H2,1H3,(H2,30,37)(H,31,36)/t23-,24?/m0/s1. The molecule has 2 atom stereocenters. The molecule has 0 fully saturated rings. The summed E-state index contributed by atoms with van der Waals surface area (Å²) >= 11 is 0. The van der Waals surface area contributed by atoms with Crippen molar-refractivity contribution >= 4 is 17.5 Å². The second-order valence-corrected chi connectivity index (χ2v) is 9.22. The molecule has 14 heteroatoms. The van der Waals surface area contributed by atoms with Gasteiger partial charge in [0.15, 0.2) is 5.65 Å². The molecule has 0 saturated heterocycles. The second-order valence-electron chi connectivity index (χ2n) is 9.22. The number of nitrogens with one attached hydrogen (secondary N) is 1. The topological polar surface area (TPSA) is 145 Å². The molecule has 0 saturated carbocycles. The van der Waals surface area contributed by atoms with Gasteiger partial charge in [0, 0.05) is 17.3 Å². The van der Waals surface area contributed by atoms with Gasteiger partial charge in [-0.1, -0.05) is 0 Å². The predicted molar refractivity (Wildman–Crippen MR) is 127 cm³/mol. The van der Waals surface area contributed by atoms with E-state index < -0.39 is 47.1 Å². The Kier molecular flexibility index (Phi) is 6.01. The van der Waals surface area contributed by atoms with Gasteiger partial charge in [0.25, 0.3) is 5.91 Å². The van der Waals surface area contributed by atoms with Gasteiger partial charge in [0.2, 0.25) is 11.5 Å². The first kappa shape index (κ1) is 26.0. The van der Waals surface area contributed by atoms with E-state index in [-0.39, 0.29) is 40.5 Å². The summed E-state index contributed by atoms with van der Waals surface area (Å²) in [6.07, 6.45) is -2.70. The molecule has 3 aromatic heterocycles. The quantitative estimate of drug-likeness (QED) is 0.316. The van der Waals surface area contributed by atoms with Gasteiger partial charge in [-0.25, -0.2) is 18.9 Å². The minimum absolute atomic E-state index is 0.0302. The molecule has 1 aromatic carbocycles. The van der Waals surface area contributed by atoms with Gasteiger partial charge in [0.1, 0.15) is 35.0 Å². The van der Waals surface area contributed by atoms with Gasteiger partial charge in [-0.3, -0.25) is 9.59 Å². The molecule has 4 heterocycles. The van der Waals surface area contributed by atoms with Crippen molar-refractivity contribution < 1.29 is 37.0 Å². The number of hydrogen-bond donors (Lipinski definition) is 3. The van der Waals surface area contributed by atoms with Crippen molar-refractivity contribution in [2.24, 2.45) is 5.73 Å². The third-order valence-electron chi connectivity index (χ3n) is 6.60. The predicted octanol–water partition coefficient (Wildman–Crippen LogP) is 2.25. The molecule has 0 bridgehead atoms. The van der Waals surface area contributed by atoms with Gasteiger partial charge in [-0.2, -0.15) is 18.3 Å². The number of carbonyl (C=O) groups excluding carboxylic acids is 2. The lowest BCUT2D eigenvalue weighted by Gasteiger charge is -2.31. The molecule has 4 N–H and O–H groups in total. The summed E-state index contributed by atoms with van der Waals surface area (Å²) in [6, 6.07) is 8.64. The van der Waals surface area contributed by atoms with Crippen LogP contribution >= 0.6 is 0 Å². The van der Waals surface area contributed by atoms with Crippen LogP contribution in [0.5, 0.6) is 5.75 Å². The Balaban J connectivity index is 1.59. The van der Waals surface area contributed by atoms with Crippen LogP contribution in [0.25, 0.3) is 16.9 Å². The molecule has 0 spiro atoms. The van der Waals surface area contributed by atoms with E-state index in [1.54, 1.807) is 12.1 Å². The average molecular weight is 544 g/mol. The van der Waals surface area contributed by atoms with Crippen LogP contribution in [-0.2, 0) is 15.8 Å². The Morgan fingerprint density at radius 2 is 1.92 bits per heavy atom. The molecule has 0 radical (unpaired) electrons. The van der Waals surface area contributed by atoms with Crippen molar-refractivity contribution in [3.63, 3.8) is 0 Å². The largest absolute Gasteiger partial charge is 0.489 e. The molecule has 202 valence electrons. The van der Waals surface area contributed by atoms with Crippen LogP contribution in [0.3, 0.4) is 0 Å². The van der Waals surface area contributed by atoms with Crippen LogP contribution < -0.4 is 15.8 Å². The Bertz CT molecular complexity index is 1570. The molecule has 0 aliphatic carbocycles. The number of imidazole rings is 1. The SMILES string of the molecule is C[C@]1(C(N)=O)COc2c1cc(C(O)(CNC(=O)c1cn3ncccc3n1)C(F)(F)F)nc2-c1ccc(F)cc1. The van der Waals surface area contributed by atoms with E-state index in [1.807, 2.05) is 0 Å². The molecule has 1 aliphatic rings. The van der Waals surface area contributed by atoms with Crippen molar-refractivity contribution in [2.45, 2.75) is 24.1 Å². The van der Waals surface area contributed by atoms with Crippen LogP contribution in [0.2, 0.25) is 0 Å². The molecule has 1 unspecified atom stereocenters. The third kappa shape index (κ3) is 4.31. The lowest BCUT2D eigenvalue weighted by molar-refractivity contribution is -0.265. The maximum atomic E-state index is 14.5. The number of carbonyl (C=O) groups is 2. The summed E-state index contributed by atoms with van der Waals surface area (Å²) in [5, 5.41) is 17.1. The first-order valence-corrected chi connectivity index (χ1v) is 11.5. The third-order valence-corrected chi connectivity index (χ3v) is 6.60. The first-order chi connectivity index (χ1) is 18.3. The number of amides is 2. The molecule has 5 rings (SSSR count). The molecular formula is C25H20F4N6O4. The highest BCUT2D eigenvalue weighted by Gasteiger charge is 2.57. The summed E-state index contributed by atoms with van der Waals surface area (Å²) in [6.45, 7) is -0.259. The highest BCUT2D eigenvalue weighted by molar-refractivity contribution is 5.93. The number of alkyl halides is 3. The molecule has 1 aliphatic heterocycles. The normalized spacial score (nSPS) is 18.3. The minimum Gasteiger partial charge on any atom is -0.489 e. The number of nitrogens with two attached hydrogens (primary N) is 1. The Labute approximate surface area is 217 Å². The fourth-order valence-corrected chi connectivity index (χ4v) is 4.18. The highest BCUT2D eigenvalue weighted by Crippen LogP contribution is 2.47. The van der Waals surface area contributed by atoms with Crippen LogP contribution in [-0.4, -0.2) is 55.8 Å². The van der Waals surface area contributed by atoms with Crippen molar-refractivity contribution in [3.05, 3.63) is 77.6 Å². The van der Waals surface area contributed by atoms with Crippen LogP contribution in [0.4, 0.5) is 17.6 Å². The van der Waals surface area contributed by atoms with E-state index in [9.17, 15) is 32.3 Å². The van der Waals surface area contributed by atoms with Crippen LogP contribution in [0, 0.1) is 5.82 Å². The number of halogens is 4. The fourth-order valence-electron chi connectivity index (χ4n) is 4.18. The summed E-state index contributed by atoms with van der Waals surface area (Å²) < 4.78 is 63.8. The number of aromatic nitrogens is 4. The number of rotatable bonds is 6. The lowest BCUT2D eigenvalue weighted by Crippen LogP contribution is -2.52. The number of hydrogen-bond acceptors (Lipinski definition) is 7. The highest BCUT2D eigenvalue weighted by atomic mass is 19.4. The number of nitrogens with zero attached hydrogens (tertiary/aromatic N) is 4. The van der Waals surface area contributed by atoms with Gasteiger partial charge >= 0.3 is 6.18 Å². The Morgan fingerprint density at radius 1 is 1.21 bits per heavy atom. The zero-order valence-electron chi connectivity index (χ0n) is 20.2. The smallest absolute Gasteiger partial charge is 0.424 e. The van der Waals surface area contributed by atoms with E-state index in [0.717, 1.165) is 18.2 Å². The molecule has 2 amide bonds. The maximum Gasteiger partial charge on any atom is 0.424 e. The van der Waals surface area contributed by atoms with Crippen LogP contribution in [0.15, 0.2) is 54.9 Å². The molecule has 10 nitrogen and oxygen atoms in total. The number of ether oxygens (including phenoxy) is 1. The monoisotopic (exact) mass is 544 g/mol. The fraction of sp³-hybridized carbons (Fsp3) is 0.240. The zero-order chi connectivity index (χ0) is 28.2. The average Bonchev–Trinajstić information content (AvgIpc) is 3.49. The molecule has 39 heavy (non-hydrogen) atoms. The number of aliphatic hydroxyl groups is 1. The second kappa shape index (κ2) is 9.01. The van der Waals surface area contributed by atoms with E-state index in [1.165, 1.54) is 36.0 Å². The number of fused-ring (bicyclic) bond motifs is 2. The van der Waals surface area contributed by atoms with Gasteiger partial charge in [0.05, 0.1) is 18.4 Å². The number of primary amides is 1. The lowest BCUT2D eigenvalue weighted by atomic mass is 9.81. The maximum absolute atomic E-state index is 14.5. The van der Waals surface area contributed by atoms with E-state index in [2.05, 4.69) is 20.4 Å². The summed E-state index contributed by atoms with van der Waals surface area (Å²) in [4.78, 5) is 33.0. The summed E-state index contributed by atoms with van der Waals surface area (Å²) in [5.41, 5.74) is -0.656. The van der Waals surface area contributed by atoms with Crippen molar-refractivity contribution in [1.29, 1.82) is 0 Å². The van der Waals surface area contributed by atoms with Crippen molar-refractivity contribution in [3.8, 4) is 17.0 Å². The van der Waals surface area contributed by atoms with Gasteiger partial charge < -0.3 is 20.9 Å². The Hall–Kier alpha value is -4.59. The number of pyridine rings is 1. The molecule has 4 aromatic rings. The summed E-state index contributed by atoms with van der Waals surface area (Å²) in [7, 11) is 0. The number of benzene rings is 1. The summed E-state index contributed by atoms with van der Waals surface area (Å²) in [5.74, 6) is -2.52. The van der Waals surface area contributed by atoms with E-state index >= 15 is 0 Å². The minimum atomic E-state index is -5.34. The van der Waals surface area contributed by atoms with E-state index in [0.29, 0.717) is 0 Å². The van der Waals surface area contributed by atoms with Crippen molar-refractivity contribution in [1.82, 2.24) is 24.9 Å². The van der Waals surface area contributed by atoms with Crippen LogP contribution in [0.1, 0.15) is 28.7 Å². The van der Waals surface area contributed by atoms with Gasteiger partial charge in [-0.15, -0.1) is 0 Å². The molecular weight excluding hydrogens is 524 g/mol. The van der Waals surface area contributed by atoms with Gasteiger partial charge in [-0.05, 0) is 49.4 Å². The van der Waals surface area contributed by atoms with Crippen molar-refractivity contribution in [2.75, 3.05) is 13.2 Å². The first-order valence-electron chi connectivity index (χ1n) is 11.5. The zero-order valence-corrected chi connectivity index (χ0v) is 20.2. The van der Waals surface area contributed by atoms with E-state index in [4.69, 9.17) is 10.5 Å². The Morgan fingerprint density at radius 3 is 2.56 bits per heavy atom.